The smallest absolute Gasteiger partial charge is 0.255 e. The van der Waals surface area contributed by atoms with Crippen LogP contribution in [0.2, 0.25) is 0 Å². The minimum Gasteiger partial charge on any atom is -0.321 e. The molecule has 0 saturated carbocycles. The Labute approximate surface area is 130 Å². The van der Waals surface area contributed by atoms with E-state index in [1.807, 2.05) is 48.5 Å². The Morgan fingerprint density at radius 1 is 1.10 bits per heavy atom. The van der Waals surface area contributed by atoms with Crippen LogP contribution in [0, 0.1) is 3.57 Å². The van der Waals surface area contributed by atoms with Gasteiger partial charge in [0.15, 0.2) is 0 Å². The van der Waals surface area contributed by atoms with Crippen LogP contribution in [-0.2, 0) is 0 Å². The van der Waals surface area contributed by atoms with E-state index >= 15 is 0 Å². The van der Waals surface area contributed by atoms with Crippen molar-refractivity contribution in [1.29, 1.82) is 0 Å². The van der Waals surface area contributed by atoms with Crippen molar-refractivity contribution >= 4 is 45.0 Å². The van der Waals surface area contributed by atoms with E-state index in [-0.39, 0.29) is 5.91 Å². The summed E-state index contributed by atoms with van der Waals surface area (Å²) in [6, 6.07) is 15.2. The number of carbonyl (C=O) groups is 1. The number of pyridine rings is 1. The number of nitrogens with zero attached hydrogens (tertiary/aromatic N) is 1. The van der Waals surface area contributed by atoms with Crippen molar-refractivity contribution < 1.29 is 4.79 Å². The summed E-state index contributed by atoms with van der Waals surface area (Å²) in [5, 5.41) is 4.95. The van der Waals surface area contributed by atoms with Gasteiger partial charge in [0.1, 0.15) is 0 Å². The molecule has 0 aliphatic heterocycles. The van der Waals surface area contributed by atoms with Gasteiger partial charge >= 0.3 is 0 Å². The number of rotatable bonds is 2. The lowest BCUT2D eigenvalue weighted by Crippen LogP contribution is -2.12. The van der Waals surface area contributed by atoms with Gasteiger partial charge in [0.25, 0.3) is 5.91 Å². The minimum atomic E-state index is -0.104. The maximum absolute atomic E-state index is 12.3. The molecule has 0 unspecified atom stereocenters. The Hall–Kier alpha value is -1.95. The zero-order chi connectivity index (χ0) is 13.9. The van der Waals surface area contributed by atoms with Crippen molar-refractivity contribution in [3.05, 3.63) is 70.1 Å². The van der Waals surface area contributed by atoms with Crippen LogP contribution in [0.15, 0.2) is 60.9 Å². The molecular formula is C16H11IN2O. The maximum atomic E-state index is 12.3. The number of aromatic nitrogens is 1. The molecule has 0 aliphatic carbocycles. The highest BCUT2D eigenvalue weighted by Crippen LogP contribution is 2.22. The van der Waals surface area contributed by atoms with Crippen molar-refractivity contribution in [1.82, 2.24) is 4.98 Å². The molecule has 3 aromatic rings. The molecular weight excluding hydrogens is 363 g/mol. The van der Waals surface area contributed by atoms with Crippen molar-refractivity contribution in [2.45, 2.75) is 0 Å². The number of anilines is 1. The zero-order valence-electron chi connectivity index (χ0n) is 10.5. The number of nitrogens with one attached hydrogen (secondary N) is 1. The summed E-state index contributed by atoms with van der Waals surface area (Å²) in [4.78, 5) is 16.4. The maximum Gasteiger partial charge on any atom is 0.255 e. The van der Waals surface area contributed by atoms with Crippen LogP contribution < -0.4 is 5.32 Å². The van der Waals surface area contributed by atoms with Crippen molar-refractivity contribution in [3.8, 4) is 0 Å². The summed E-state index contributed by atoms with van der Waals surface area (Å²) in [6.07, 6.45) is 3.51. The molecule has 1 aromatic heterocycles. The van der Waals surface area contributed by atoms with Crippen LogP contribution in [0.25, 0.3) is 10.8 Å². The van der Waals surface area contributed by atoms with Crippen molar-refractivity contribution in [2.24, 2.45) is 0 Å². The first kappa shape index (κ1) is 13.1. The number of fused-ring (bicyclic) bond motifs is 1. The summed E-state index contributed by atoms with van der Waals surface area (Å²) in [5.41, 5.74) is 1.46. The van der Waals surface area contributed by atoms with E-state index in [2.05, 4.69) is 32.9 Å². The molecule has 2 aromatic carbocycles. The standard InChI is InChI=1S/C16H11IN2O/c17-13-5-1-3-11(9-13)16(20)19-15-6-2-4-12-10-18-8-7-14(12)15/h1-10H,(H,19,20). The second-order valence-corrected chi connectivity index (χ2v) is 5.61. The van der Waals surface area contributed by atoms with E-state index in [9.17, 15) is 4.79 Å². The Balaban J connectivity index is 1.95. The molecule has 0 fully saturated rings. The van der Waals surface area contributed by atoms with Gasteiger partial charge in [-0.1, -0.05) is 18.2 Å². The Morgan fingerprint density at radius 2 is 1.95 bits per heavy atom. The van der Waals surface area contributed by atoms with Crippen LogP contribution in [-0.4, -0.2) is 10.9 Å². The molecule has 0 bridgehead atoms. The molecule has 98 valence electrons. The normalized spacial score (nSPS) is 10.4. The van der Waals surface area contributed by atoms with Crippen LogP contribution in [0.4, 0.5) is 5.69 Å². The lowest BCUT2D eigenvalue weighted by atomic mass is 10.1. The molecule has 1 amide bonds. The number of amides is 1. The fourth-order valence-electron chi connectivity index (χ4n) is 2.06. The number of halogens is 1. The predicted molar refractivity (Wildman–Crippen MR) is 88.9 cm³/mol. The minimum absolute atomic E-state index is 0.104. The number of carbonyl (C=O) groups excluding carboxylic acids is 1. The fourth-order valence-corrected chi connectivity index (χ4v) is 2.60. The number of hydrogen-bond donors (Lipinski definition) is 1. The van der Waals surface area contributed by atoms with E-state index in [0.717, 1.165) is 20.0 Å². The first-order chi connectivity index (χ1) is 9.74. The third kappa shape index (κ3) is 2.65. The average molecular weight is 374 g/mol. The summed E-state index contributed by atoms with van der Waals surface area (Å²) >= 11 is 2.20. The van der Waals surface area contributed by atoms with E-state index in [1.165, 1.54) is 0 Å². The third-order valence-electron chi connectivity index (χ3n) is 3.02. The van der Waals surface area contributed by atoms with Crippen molar-refractivity contribution in [2.75, 3.05) is 5.32 Å². The average Bonchev–Trinajstić information content (AvgIpc) is 2.47. The quantitative estimate of drug-likeness (QED) is 0.687. The molecule has 0 atom stereocenters. The zero-order valence-corrected chi connectivity index (χ0v) is 12.7. The SMILES string of the molecule is O=C(Nc1cccc2cnccc12)c1cccc(I)c1. The van der Waals surface area contributed by atoms with E-state index in [1.54, 1.807) is 12.4 Å². The summed E-state index contributed by atoms with van der Waals surface area (Å²) < 4.78 is 1.04. The summed E-state index contributed by atoms with van der Waals surface area (Å²) in [7, 11) is 0. The molecule has 0 saturated heterocycles. The highest BCUT2D eigenvalue weighted by atomic mass is 127. The van der Waals surface area contributed by atoms with E-state index in [0.29, 0.717) is 5.56 Å². The second kappa shape index (κ2) is 5.58. The molecule has 0 radical (unpaired) electrons. The molecule has 3 rings (SSSR count). The van der Waals surface area contributed by atoms with E-state index < -0.39 is 0 Å². The third-order valence-corrected chi connectivity index (χ3v) is 3.69. The van der Waals surface area contributed by atoms with Gasteiger partial charge in [-0.05, 0) is 52.9 Å². The van der Waals surface area contributed by atoms with Gasteiger partial charge < -0.3 is 5.32 Å². The molecule has 0 aliphatic rings. The molecule has 0 spiro atoms. The highest BCUT2D eigenvalue weighted by Gasteiger charge is 2.08. The van der Waals surface area contributed by atoms with Crippen LogP contribution >= 0.6 is 22.6 Å². The van der Waals surface area contributed by atoms with Crippen LogP contribution in [0.5, 0.6) is 0 Å². The molecule has 4 heteroatoms. The van der Waals surface area contributed by atoms with E-state index in [4.69, 9.17) is 0 Å². The van der Waals surface area contributed by atoms with Gasteiger partial charge in [0, 0.05) is 38.0 Å². The summed E-state index contributed by atoms with van der Waals surface area (Å²) in [5.74, 6) is -0.104. The van der Waals surface area contributed by atoms with Gasteiger partial charge in [-0.2, -0.15) is 0 Å². The van der Waals surface area contributed by atoms with Gasteiger partial charge in [-0.25, -0.2) is 0 Å². The predicted octanol–water partition coefficient (Wildman–Crippen LogP) is 4.09. The fraction of sp³-hybridized carbons (Fsp3) is 0. The van der Waals surface area contributed by atoms with Gasteiger partial charge in [0.2, 0.25) is 0 Å². The molecule has 1 heterocycles. The summed E-state index contributed by atoms with van der Waals surface area (Å²) in [6.45, 7) is 0. The first-order valence-corrected chi connectivity index (χ1v) is 7.21. The van der Waals surface area contributed by atoms with Crippen molar-refractivity contribution in [3.63, 3.8) is 0 Å². The Morgan fingerprint density at radius 3 is 2.80 bits per heavy atom. The monoisotopic (exact) mass is 374 g/mol. The second-order valence-electron chi connectivity index (χ2n) is 4.37. The van der Waals surface area contributed by atoms with Crippen LogP contribution in [0.3, 0.4) is 0 Å². The molecule has 3 nitrogen and oxygen atoms in total. The number of hydrogen-bond acceptors (Lipinski definition) is 2. The molecule has 20 heavy (non-hydrogen) atoms. The Kier molecular flexibility index (Phi) is 3.64. The lowest BCUT2D eigenvalue weighted by Gasteiger charge is -2.08. The van der Waals surface area contributed by atoms with Gasteiger partial charge in [0.05, 0.1) is 0 Å². The highest BCUT2D eigenvalue weighted by molar-refractivity contribution is 14.1. The Bertz CT molecular complexity index is 781. The topological polar surface area (TPSA) is 42.0 Å². The molecule has 1 N–H and O–H groups in total. The van der Waals surface area contributed by atoms with Crippen LogP contribution in [0.1, 0.15) is 10.4 Å². The van der Waals surface area contributed by atoms with Gasteiger partial charge in [-0.15, -0.1) is 0 Å². The largest absolute Gasteiger partial charge is 0.321 e. The number of benzene rings is 2. The first-order valence-electron chi connectivity index (χ1n) is 6.14. The lowest BCUT2D eigenvalue weighted by molar-refractivity contribution is 0.102. The van der Waals surface area contributed by atoms with Gasteiger partial charge in [-0.3, -0.25) is 9.78 Å².